The highest BCUT2D eigenvalue weighted by atomic mass is 15.2. The maximum absolute atomic E-state index is 4.26. The molecule has 3 rings (SSSR count). The van der Waals surface area contributed by atoms with E-state index in [9.17, 15) is 0 Å². The molecular weight excluding hydrogens is 246 g/mol. The van der Waals surface area contributed by atoms with E-state index < -0.39 is 0 Å². The van der Waals surface area contributed by atoms with E-state index in [1.165, 1.54) is 27.6 Å². The van der Waals surface area contributed by atoms with Crippen LogP contribution in [0.4, 0.5) is 0 Å². The summed E-state index contributed by atoms with van der Waals surface area (Å²) in [4.78, 5) is 3.39. The van der Waals surface area contributed by atoms with Gasteiger partial charge in [-0.25, -0.2) is 0 Å². The molecule has 1 N–H and O–H groups in total. The summed E-state index contributed by atoms with van der Waals surface area (Å²) in [5, 5.41) is 5.58. The zero-order valence-electron chi connectivity index (χ0n) is 12.5. The molecule has 3 heteroatoms. The lowest BCUT2D eigenvalue weighted by Crippen LogP contribution is -2.00. The first kappa shape index (κ1) is 13.0. The van der Waals surface area contributed by atoms with E-state index in [2.05, 4.69) is 61.4 Å². The summed E-state index contributed by atoms with van der Waals surface area (Å²) < 4.78 is 1.84. The predicted molar refractivity (Wildman–Crippen MR) is 83.8 cm³/mol. The molecule has 2 aromatic heterocycles. The van der Waals surface area contributed by atoms with Crippen LogP contribution in [0.15, 0.2) is 36.8 Å². The Morgan fingerprint density at radius 2 is 1.95 bits per heavy atom. The lowest BCUT2D eigenvalue weighted by Gasteiger charge is -2.14. The number of hydrogen-bond acceptors (Lipinski definition) is 1. The SMILES string of the molecule is CC(C)C(C)c1c[nH]c2ccc(-c3cnn(C)c3)cc12. The maximum atomic E-state index is 4.26. The highest BCUT2D eigenvalue weighted by Gasteiger charge is 2.15. The maximum Gasteiger partial charge on any atom is 0.0568 e. The van der Waals surface area contributed by atoms with E-state index in [-0.39, 0.29) is 0 Å². The minimum absolute atomic E-state index is 0.549. The van der Waals surface area contributed by atoms with Gasteiger partial charge in [-0.2, -0.15) is 5.10 Å². The first-order valence-electron chi connectivity index (χ1n) is 7.16. The molecule has 1 unspecified atom stereocenters. The van der Waals surface area contributed by atoms with E-state index in [1.54, 1.807) is 0 Å². The lowest BCUT2D eigenvalue weighted by molar-refractivity contribution is 0.538. The first-order chi connectivity index (χ1) is 9.56. The molecule has 0 spiro atoms. The van der Waals surface area contributed by atoms with Gasteiger partial charge in [0.2, 0.25) is 0 Å². The molecule has 1 atom stereocenters. The zero-order valence-corrected chi connectivity index (χ0v) is 12.5. The molecule has 0 radical (unpaired) electrons. The summed E-state index contributed by atoms with van der Waals surface area (Å²) in [5.74, 6) is 1.18. The Labute approximate surface area is 119 Å². The van der Waals surface area contributed by atoms with E-state index >= 15 is 0 Å². The lowest BCUT2D eigenvalue weighted by atomic mass is 9.89. The van der Waals surface area contributed by atoms with Crippen LogP contribution in [0, 0.1) is 5.92 Å². The second-order valence-corrected chi connectivity index (χ2v) is 5.94. The molecular formula is C17H21N3. The Morgan fingerprint density at radius 3 is 2.60 bits per heavy atom. The van der Waals surface area contributed by atoms with Crippen molar-refractivity contribution in [3.05, 3.63) is 42.4 Å². The predicted octanol–water partition coefficient (Wildman–Crippen LogP) is 4.33. The van der Waals surface area contributed by atoms with Gasteiger partial charge in [0.25, 0.3) is 0 Å². The second kappa shape index (κ2) is 4.82. The minimum atomic E-state index is 0.549. The number of aromatic amines is 1. The van der Waals surface area contributed by atoms with Crippen LogP contribution in [0.25, 0.3) is 22.0 Å². The molecule has 3 nitrogen and oxygen atoms in total. The van der Waals surface area contributed by atoms with Crippen molar-refractivity contribution in [3.63, 3.8) is 0 Å². The fourth-order valence-corrected chi connectivity index (χ4v) is 2.63. The average molecular weight is 267 g/mol. The standard InChI is InChI=1S/C17H21N3/c1-11(2)12(3)16-9-18-17-6-5-13(7-15(16)17)14-8-19-20(4)10-14/h5-12,18H,1-4H3. The molecule has 0 bridgehead atoms. The first-order valence-corrected chi connectivity index (χ1v) is 7.16. The summed E-state index contributed by atoms with van der Waals surface area (Å²) >= 11 is 0. The molecule has 3 aromatic rings. The Morgan fingerprint density at radius 1 is 1.15 bits per heavy atom. The number of H-pyrrole nitrogens is 1. The van der Waals surface area contributed by atoms with Gasteiger partial charge in [-0.15, -0.1) is 0 Å². The number of aryl methyl sites for hydroxylation is 1. The van der Waals surface area contributed by atoms with Crippen molar-refractivity contribution in [1.29, 1.82) is 0 Å². The molecule has 2 heterocycles. The third-order valence-corrected chi connectivity index (χ3v) is 4.24. The highest BCUT2D eigenvalue weighted by molar-refractivity contribution is 5.88. The third kappa shape index (κ3) is 2.13. The van der Waals surface area contributed by atoms with Gasteiger partial charge >= 0.3 is 0 Å². The van der Waals surface area contributed by atoms with Crippen LogP contribution in [0.2, 0.25) is 0 Å². The van der Waals surface area contributed by atoms with Crippen LogP contribution >= 0.6 is 0 Å². The fraction of sp³-hybridized carbons (Fsp3) is 0.353. The Bertz CT molecular complexity index is 734. The molecule has 0 aliphatic rings. The average Bonchev–Trinajstić information content (AvgIpc) is 3.03. The van der Waals surface area contributed by atoms with Crippen LogP contribution < -0.4 is 0 Å². The number of aromatic nitrogens is 3. The molecule has 0 aliphatic heterocycles. The quantitative estimate of drug-likeness (QED) is 0.753. The molecule has 20 heavy (non-hydrogen) atoms. The molecule has 1 aromatic carbocycles. The van der Waals surface area contributed by atoms with Crippen molar-refractivity contribution in [2.75, 3.05) is 0 Å². The Hall–Kier alpha value is -2.03. The van der Waals surface area contributed by atoms with Gasteiger partial charge in [0.05, 0.1) is 6.20 Å². The van der Waals surface area contributed by atoms with Crippen molar-refractivity contribution in [3.8, 4) is 11.1 Å². The number of nitrogens with zero attached hydrogens (tertiary/aromatic N) is 2. The number of nitrogens with one attached hydrogen (secondary N) is 1. The Balaban J connectivity index is 2.12. The minimum Gasteiger partial charge on any atom is -0.361 e. The smallest absolute Gasteiger partial charge is 0.0568 e. The van der Waals surface area contributed by atoms with Gasteiger partial charge < -0.3 is 4.98 Å². The summed E-state index contributed by atoms with van der Waals surface area (Å²) in [6, 6.07) is 6.59. The van der Waals surface area contributed by atoms with Crippen LogP contribution in [-0.4, -0.2) is 14.8 Å². The van der Waals surface area contributed by atoms with Gasteiger partial charge in [-0.05, 0) is 35.1 Å². The molecule has 0 fully saturated rings. The molecule has 0 saturated heterocycles. The van der Waals surface area contributed by atoms with Crippen LogP contribution in [-0.2, 0) is 7.05 Å². The Kier molecular flexibility index (Phi) is 3.13. The van der Waals surface area contributed by atoms with Gasteiger partial charge in [0.15, 0.2) is 0 Å². The normalized spacial score (nSPS) is 13.2. The van der Waals surface area contributed by atoms with Crippen LogP contribution in [0.3, 0.4) is 0 Å². The largest absolute Gasteiger partial charge is 0.361 e. The van der Waals surface area contributed by atoms with E-state index in [4.69, 9.17) is 0 Å². The van der Waals surface area contributed by atoms with Crippen molar-refractivity contribution in [2.45, 2.75) is 26.7 Å². The van der Waals surface area contributed by atoms with Crippen molar-refractivity contribution < 1.29 is 0 Å². The van der Waals surface area contributed by atoms with Crippen molar-refractivity contribution in [1.82, 2.24) is 14.8 Å². The van der Waals surface area contributed by atoms with Gasteiger partial charge in [0.1, 0.15) is 0 Å². The van der Waals surface area contributed by atoms with Crippen LogP contribution in [0.5, 0.6) is 0 Å². The molecule has 0 amide bonds. The number of benzene rings is 1. The van der Waals surface area contributed by atoms with Gasteiger partial charge in [0, 0.05) is 35.9 Å². The molecule has 104 valence electrons. The highest BCUT2D eigenvalue weighted by Crippen LogP contribution is 2.32. The van der Waals surface area contributed by atoms with E-state index in [1.807, 2.05) is 17.9 Å². The summed E-state index contributed by atoms with van der Waals surface area (Å²) in [6.07, 6.45) is 6.13. The van der Waals surface area contributed by atoms with Crippen LogP contribution in [0.1, 0.15) is 32.3 Å². The summed E-state index contributed by atoms with van der Waals surface area (Å²) in [5.41, 5.74) is 5.00. The van der Waals surface area contributed by atoms with E-state index in [0.29, 0.717) is 11.8 Å². The monoisotopic (exact) mass is 267 g/mol. The van der Waals surface area contributed by atoms with Crippen molar-refractivity contribution >= 4 is 10.9 Å². The fourth-order valence-electron chi connectivity index (χ4n) is 2.63. The summed E-state index contributed by atoms with van der Waals surface area (Å²) in [7, 11) is 1.95. The summed E-state index contributed by atoms with van der Waals surface area (Å²) in [6.45, 7) is 6.84. The van der Waals surface area contributed by atoms with Crippen molar-refractivity contribution in [2.24, 2.45) is 13.0 Å². The number of hydrogen-bond donors (Lipinski definition) is 1. The molecule has 0 aliphatic carbocycles. The van der Waals surface area contributed by atoms with E-state index in [0.717, 1.165) is 0 Å². The topological polar surface area (TPSA) is 33.6 Å². The number of rotatable bonds is 3. The van der Waals surface area contributed by atoms with Gasteiger partial charge in [-0.3, -0.25) is 4.68 Å². The van der Waals surface area contributed by atoms with Gasteiger partial charge in [-0.1, -0.05) is 26.8 Å². The molecule has 0 saturated carbocycles. The second-order valence-electron chi connectivity index (χ2n) is 5.94. The zero-order chi connectivity index (χ0) is 14.3. The number of fused-ring (bicyclic) bond motifs is 1. The third-order valence-electron chi connectivity index (χ3n) is 4.24.